The zero-order valence-electron chi connectivity index (χ0n) is 18.2. The molecule has 1 amide bonds. The van der Waals surface area contributed by atoms with Gasteiger partial charge in [0.2, 0.25) is 5.91 Å². The molecule has 2 saturated heterocycles. The minimum atomic E-state index is -0.337. The van der Waals surface area contributed by atoms with Crippen molar-refractivity contribution in [1.82, 2.24) is 14.7 Å². The molecule has 7 nitrogen and oxygen atoms in total. The summed E-state index contributed by atoms with van der Waals surface area (Å²) in [5.74, 6) is -0.375. The van der Waals surface area contributed by atoms with E-state index in [1.165, 1.54) is 31.4 Å². The molecule has 2 fully saturated rings. The molecule has 3 heterocycles. The lowest BCUT2D eigenvalue weighted by molar-refractivity contribution is -0.117. The number of thiophene rings is 1. The summed E-state index contributed by atoms with van der Waals surface area (Å²) in [4.78, 5) is 33.6. The van der Waals surface area contributed by atoms with Crippen molar-refractivity contribution in [2.45, 2.75) is 44.6 Å². The summed E-state index contributed by atoms with van der Waals surface area (Å²) >= 11 is 1.55. The van der Waals surface area contributed by atoms with Crippen LogP contribution >= 0.6 is 11.3 Å². The summed E-state index contributed by atoms with van der Waals surface area (Å²) in [5.41, 5.74) is 1.66. The fraction of sp³-hybridized carbons (Fsp3) is 0.727. The highest BCUT2D eigenvalue weighted by molar-refractivity contribution is 7.17. The van der Waals surface area contributed by atoms with Crippen molar-refractivity contribution in [3.8, 4) is 0 Å². The van der Waals surface area contributed by atoms with Crippen LogP contribution in [-0.2, 0) is 22.4 Å². The Morgan fingerprint density at radius 1 is 1.10 bits per heavy atom. The molecule has 0 bridgehead atoms. The number of rotatable bonds is 5. The van der Waals surface area contributed by atoms with Gasteiger partial charge in [0.1, 0.15) is 5.00 Å². The molecular formula is C22H34N4O3S. The highest BCUT2D eigenvalue weighted by Gasteiger charge is 2.29. The van der Waals surface area contributed by atoms with Gasteiger partial charge in [-0.15, -0.1) is 11.3 Å². The SMILES string of the molecule is COC(=O)c1c(NC(=O)CN2CCN(C3CCCN(C)C3)CC2)sc2c1CCCC2. The summed E-state index contributed by atoms with van der Waals surface area (Å²) in [6.07, 6.45) is 6.66. The molecule has 2 aliphatic heterocycles. The molecule has 4 rings (SSSR count). The molecule has 0 radical (unpaired) electrons. The molecule has 1 aliphatic carbocycles. The number of anilines is 1. The van der Waals surface area contributed by atoms with Gasteiger partial charge in [-0.1, -0.05) is 0 Å². The predicted octanol–water partition coefficient (Wildman–Crippen LogP) is 2.06. The highest BCUT2D eigenvalue weighted by Crippen LogP contribution is 2.38. The predicted molar refractivity (Wildman–Crippen MR) is 119 cm³/mol. The first-order valence-electron chi connectivity index (χ1n) is 11.2. The van der Waals surface area contributed by atoms with Gasteiger partial charge in [0.15, 0.2) is 0 Å². The molecule has 3 aliphatic rings. The van der Waals surface area contributed by atoms with Crippen LogP contribution in [0.1, 0.15) is 46.5 Å². The quantitative estimate of drug-likeness (QED) is 0.716. The summed E-state index contributed by atoms with van der Waals surface area (Å²) in [6.45, 7) is 6.60. The van der Waals surface area contributed by atoms with Crippen LogP contribution in [0.3, 0.4) is 0 Å². The lowest BCUT2D eigenvalue weighted by Crippen LogP contribution is -2.55. The number of methoxy groups -OCH3 is 1. The van der Waals surface area contributed by atoms with Gasteiger partial charge in [0, 0.05) is 43.6 Å². The van der Waals surface area contributed by atoms with E-state index >= 15 is 0 Å². The number of piperidine rings is 1. The normalized spacial score (nSPS) is 23.7. The second-order valence-corrected chi connectivity index (χ2v) is 9.93. The van der Waals surface area contributed by atoms with Crippen LogP contribution in [0, 0.1) is 0 Å². The van der Waals surface area contributed by atoms with Gasteiger partial charge >= 0.3 is 5.97 Å². The number of likely N-dealkylation sites (N-methyl/N-ethyl adjacent to an activating group) is 1. The maximum absolute atomic E-state index is 12.8. The molecule has 1 atom stereocenters. The van der Waals surface area contributed by atoms with E-state index in [1.807, 2.05) is 0 Å². The van der Waals surface area contributed by atoms with Crippen LogP contribution in [0.5, 0.6) is 0 Å². The highest BCUT2D eigenvalue weighted by atomic mass is 32.1. The number of esters is 1. The van der Waals surface area contributed by atoms with E-state index in [1.54, 1.807) is 11.3 Å². The van der Waals surface area contributed by atoms with Gasteiger partial charge < -0.3 is 15.0 Å². The molecule has 1 aromatic heterocycles. The number of hydrogen-bond donors (Lipinski definition) is 1. The lowest BCUT2D eigenvalue weighted by atomic mass is 9.95. The van der Waals surface area contributed by atoms with Gasteiger partial charge in [-0.25, -0.2) is 4.79 Å². The molecule has 0 spiro atoms. The average molecular weight is 435 g/mol. The number of aryl methyl sites for hydroxylation is 1. The number of fused-ring (bicyclic) bond motifs is 1. The number of piperazine rings is 1. The number of carbonyl (C=O) groups is 2. The van der Waals surface area contributed by atoms with E-state index in [-0.39, 0.29) is 11.9 Å². The minimum Gasteiger partial charge on any atom is -0.465 e. The van der Waals surface area contributed by atoms with E-state index in [0.29, 0.717) is 23.2 Å². The Hall–Kier alpha value is -1.48. The van der Waals surface area contributed by atoms with Crippen molar-refractivity contribution in [2.75, 3.05) is 65.3 Å². The first-order valence-corrected chi connectivity index (χ1v) is 12.0. The molecule has 1 N–H and O–H groups in total. The number of ether oxygens (including phenoxy) is 1. The Balaban J connectivity index is 1.32. The Morgan fingerprint density at radius 2 is 1.87 bits per heavy atom. The summed E-state index contributed by atoms with van der Waals surface area (Å²) in [7, 11) is 3.61. The van der Waals surface area contributed by atoms with Gasteiger partial charge in [-0.05, 0) is 57.7 Å². The fourth-order valence-electron chi connectivity index (χ4n) is 5.07. The first kappa shape index (κ1) is 21.7. The van der Waals surface area contributed by atoms with Crippen LogP contribution in [0.2, 0.25) is 0 Å². The van der Waals surface area contributed by atoms with E-state index < -0.39 is 0 Å². The molecule has 1 aromatic rings. The van der Waals surface area contributed by atoms with Crippen molar-refractivity contribution in [3.05, 3.63) is 16.0 Å². The summed E-state index contributed by atoms with van der Waals surface area (Å²) in [6, 6.07) is 0.653. The topological polar surface area (TPSA) is 65.1 Å². The number of nitrogens with zero attached hydrogens (tertiary/aromatic N) is 3. The Bertz CT molecular complexity index is 773. The molecule has 8 heteroatoms. The van der Waals surface area contributed by atoms with Crippen LogP contribution in [-0.4, -0.2) is 92.6 Å². The van der Waals surface area contributed by atoms with Gasteiger partial charge in [-0.2, -0.15) is 0 Å². The Kier molecular flexibility index (Phi) is 7.08. The number of hydrogen-bond acceptors (Lipinski definition) is 7. The van der Waals surface area contributed by atoms with E-state index in [0.717, 1.165) is 64.0 Å². The molecule has 0 saturated carbocycles. The number of nitrogens with one attached hydrogen (secondary N) is 1. The van der Waals surface area contributed by atoms with E-state index in [9.17, 15) is 9.59 Å². The Morgan fingerprint density at radius 3 is 2.60 bits per heavy atom. The molecular weight excluding hydrogens is 400 g/mol. The maximum Gasteiger partial charge on any atom is 0.341 e. The third-order valence-corrected chi connectivity index (χ3v) is 7.91. The van der Waals surface area contributed by atoms with Crippen molar-refractivity contribution >= 4 is 28.2 Å². The fourth-order valence-corrected chi connectivity index (χ4v) is 6.36. The van der Waals surface area contributed by atoms with Gasteiger partial charge in [0.25, 0.3) is 0 Å². The second-order valence-electron chi connectivity index (χ2n) is 8.83. The minimum absolute atomic E-state index is 0.0374. The summed E-state index contributed by atoms with van der Waals surface area (Å²) in [5, 5.41) is 3.70. The van der Waals surface area contributed by atoms with Gasteiger partial charge in [0.05, 0.1) is 19.2 Å². The van der Waals surface area contributed by atoms with Crippen molar-refractivity contribution < 1.29 is 14.3 Å². The average Bonchev–Trinajstić information content (AvgIpc) is 3.11. The third kappa shape index (κ3) is 4.88. The number of amides is 1. The lowest BCUT2D eigenvalue weighted by Gasteiger charge is -2.42. The van der Waals surface area contributed by atoms with E-state index in [4.69, 9.17) is 4.74 Å². The summed E-state index contributed by atoms with van der Waals surface area (Å²) < 4.78 is 5.01. The van der Waals surface area contributed by atoms with E-state index in [2.05, 4.69) is 27.1 Å². The number of likely N-dealkylation sites (tertiary alicyclic amines) is 1. The van der Waals surface area contributed by atoms with Crippen molar-refractivity contribution in [3.63, 3.8) is 0 Å². The van der Waals surface area contributed by atoms with Crippen molar-refractivity contribution in [1.29, 1.82) is 0 Å². The monoisotopic (exact) mass is 434 g/mol. The third-order valence-electron chi connectivity index (χ3n) is 6.70. The molecule has 30 heavy (non-hydrogen) atoms. The molecule has 1 unspecified atom stereocenters. The van der Waals surface area contributed by atoms with Crippen LogP contribution < -0.4 is 5.32 Å². The van der Waals surface area contributed by atoms with Crippen LogP contribution in [0.4, 0.5) is 5.00 Å². The molecule has 0 aromatic carbocycles. The van der Waals surface area contributed by atoms with Crippen LogP contribution in [0.15, 0.2) is 0 Å². The standard InChI is InChI=1S/C22H34N4O3S/c1-24-9-5-6-16(14-24)26-12-10-25(11-13-26)15-19(27)23-21-20(22(28)29-2)17-7-3-4-8-18(17)30-21/h16H,3-15H2,1-2H3,(H,23,27). The molecule has 166 valence electrons. The van der Waals surface area contributed by atoms with Crippen LogP contribution in [0.25, 0.3) is 0 Å². The van der Waals surface area contributed by atoms with Crippen molar-refractivity contribution in [2.24, 2.45) is 0 Å². The zero-order chi connectivity index (χ0) is 21.1. The maximum atomic E-state index is 12.8. The number of carbonyl (C=O) groups excluding carboxylic acids is 2. The zero-order valence-corrected chi connectivity index (χ0v) is 19.1. The Labute approximate surface area is 183 Å². The van der Waals surface area contributed by atoms with Gasteiger partial charge in [-0.3, -0.25) is 14.6 Å². The second kappa shape index (κ2) is 9.77. The largest absolute Gasteiger partial charge is 0.465 e. The first-order chi connectivity index (χ1) is 14.5. The smallest absolute Gasteiger partial charge is 0.341 e.